The van der Waals surface area contributed by atoms with Crippen LogP contribution in [0.25, 0.3) is 16.5 Å². The number of fused-ring (bicyclic) bond motifs is 1. The number of halogens is 1. The number of carbonyl (C=O) groups excluding carboxylic acids is 1. The number of nitrogens with one attached hydrogen (secondary N) is 1. The average Bonchev–Trinajstić information content (AvgIpc) is 3.01. The summed E-state index contributed by atoms with van der Waals surface area (Å²) in [5, 5.41) is 9.18. The van der Waals surface area contributed by atoms with Crippen molar-refractivity contribution in [3.8, 4) is 5.69 Å². The van der Waals surface area contributed by atoms with E-state index >= 15 is 0 Å². The van der Waals surface area contributed by atoms with E-state index in [1.165, 1.54) is 4.68 Å². The Bertz CT molecular complexity index is 1360. The third kappa shape index (κ3) is 3.64. The molecule has 0 bridgehead atoms. The summed E-state index contributed by atoms with van der Waals surface area (Å²) in [5.74, 6) is -0.192. The molecule has 31 heavy (non-hydrogen) atoms. The Morgan fingerprint density at radius 1 is 1.06 bits per heavy atom. The van der Waals surface area contributed by atoms with E-state index in [-0.39, 0.29) is 11.5 Å². The molecule has 0 fully saturated rings. The van der Waals surface area contributed by atoms with Crippen molar-refractivity contribution < 1.29 is 4.79 Å². The average molecular weight is 435 g/mol. The molecule has 0 aliphatic rings. The van der Waals surface area contributed by atoms with Crippen LogP contribution in [0, 0.1) is 20.8 Å². The molecule has 4 aromatic rings. The second kappa shape index (κ2) is 8.04. The topological polar surface area (TPSA) is 68.9 Å². The molecule has 0 saturated carbocycles. The molecule has 2 aromatic heterocycles. The molecule has 7 heteroatoms. The molecule has 1 N–H and O–H groups in total. The second-order valence-corrected chi connectivity index (χ2v) is 8.06. The zero-order chi connectivity index (χ0) is 22.3. The van der Waals surface area contributed by atoms with Gasteiger partial charge >= 0.3 is 0 Å². The largest absolute Gasteiger partial charge is 0.336 e. The van der Waals surface area contributed by atoms with Crippen LogP contribution in [0.5, 0.6) is 0 Å². The summed E-state index contributed by atoms with van der Waals surface area (Å²) in [6, 6.07) is 14.2. The lowest BCUT2D eigenvalue weighted by atomic mass is 10.2. The van der Waals surface area contributed by atoms with E-state index in [1.54, 1.807) is 12.3 Å². The monoisotopic (exact) mass is 434 g/mol. The van der Waals surface area contributed by atoms with Crippen LogP contribution < -0.4 is 10.9 Å². The number of para-hydroxylation sites is 1. The Morgan fingerprint density at radius 3 is 2.45 bits per heavy atom. The van der Waals surface area contributed by atoms with Gasteiger partial charge < -0.3 is 9.88 Å². The fraction of sp³-hybridized carbons (Fsp3) is 0.208. The predicted octanol–water partition coefficient (Wildman–Crippen LogP) is 4.97. The number of hydrogen-bond acceptors (Lipinski definition) is 3. The highest BCUT2D eigenvalue weighted by molar-refractivity contribution is 6.31. The molecule has 0 aliphatic carbocycles. The normalized spacial score (nSPS) is 12.2. The van der Waals surface area contributed by atoms with Gasteiger partial charge in [0.05, 0.1) is 17.3 Å². The molecule has 158 valence electrons. The van der Waals surface area contributed by atoms with Gasteiger partial charge in [-0.3, -0.25) is 9.59 Å². The number of rotatable bonds is 4. The zero-order valence-electron chi connectivity index (χ0n) is 17.8. The molecule has 4 rings (SSSR count). The van der Waals surface area contributed by atoms with E-state index < -0.39 is 6.04 Å². The molecule has 0 spiro atoms. The van der Waals surface area contributed by atoms with Gasteiger partial charge in [-0.05, 0) is 57.5 Å². The highest BCUT2D eigenvalue weighted by atomic mass is 35.5. The first kappa shape index (κ1) is 20.9. The first-order chi connectivity index (χ1) is 14.8. The third-order valence-corrected chi connectivity index (χ3v) is 6.07. The summed E-state index contributed by atoms with van der Waals surface area (Å²) in [5.41, 5.74) is 3.61. The number of anilines is 1. The number of nitrogens with zero attached hydrogens (tertiary/aromatic N) is 3. The van der Waals surface area contributed by atoms with Gasteiger partial charge in [0.25, 0.3) is 5.56 Å². The maximum absolute atomic E-state index is 13.2. The van der Waals surface area contributed by atoms with E-state index in [0.717, 1.165) is 22.3 Å². The summed E-state index contributed by atoms with van der Waals surface area (Å²) in [6.07, 6.45) is 1.69. The van der Waals surface area contributed by atoms with Gasteiger partial charge in [-0.2, -0.15) is 9.78 Å². The number of carbonyl (C=O) groups is 1. The fourth-order valence-electron chi connectivity index (χ4n) is 3.95. The summed E-state index contributed by atoms with van der Waals surface area (Å²) in [4.78, 5) is 26.2. The zero-order valence-corrected chi connectivity index (χ0v) is 18.6. The molecule has 6 nitrogen and oxygen atoms in total. The van der Waals surface area contributed by atoms with Gasteiger partial charge in [0.2, 0.25) is 5.91 Å². The molecule has 0 radical (unpaired) electrons. The van der Waals surface area contributed by atoms with Crippen molar-refractivity contribution >= 4 is 34.0 Å². The number of benzene rings is 2. The van der Waals surface area contributed by atoms with Crippen molar-refractivity contribution in [3.63, 3.8) is 0 Å². The maximum atomic E-state index is 13.2. The van der Waals surface area contributed by atoms with Crippen LogP contribution in [-0.2, 0) is 4.79 Å². The number of hydrogen-bond donors (Lipinski definition) is 1. The van der Waals surface area contributed by atoms with Crippen LogP contribution in [0.3, 0.4) is 0 Å². The van der Waals surface area contributed by atoms with Crippen molar-refractivity contribution in [2.75, 3.05) is 5.32 Å². The van der Waals surface area contributed by atoms with Gasteiger partial charge in [0.1, 0.15) is 6.04 Å². The van der Waals surface area contributed by atoms with Gasteiger partial charge in [0.15, 0.2) is 0 Å². The summed E-state index contributed by atoms with van der Waals surface area (Å²) < 4.78 is 3.27. The maximum Gasteiger partial charge on any atom is 0.281 e. The summed E-state index contributed by atoms with van der Waals surface area (Å²) >= 11 is 6.18. The Kier molecular flexibility index (Phi) is 5.41. The molecule has 0 unspecified atom stereocenters. The minimum absolute atomic E-state index is 0.192. The minimum Gasteiger partial charge on any atom is -0.336 e. The van der Waals surface area contributed by atoms with Gasteiger partial charge in [0, 0.05) is 27.5 Å². The molecule has 1 amide bonds. The molecule has 2 heterocycles. The standard InChI is InChI=1S/C24H23ClN4O2/c1-14-10-11-18(12-21(14)25)27-23(30)17(4)28-15(2)20-13-26-29(19-8-6-5-7-9-19)24(31)22(20)16(28)3/h5-13,17H,1-4H3,(H,27,30)/t17-/m1/s1. The Morgan fingerprint density at radius 2 is 1.77 bits per heavy atom. The number of aryl methyl sites for hydroxylation is 3. The van der Waals surface area contributed by atoms with E-state index in [2.05, 4.69) is 10.4 Å². The van der Waals surface area contributed by atoms with Gasteiger partial charge in [-0.25, -0.2) is 0 Å². The second-order valence-electron chi connectivity index (χ2n) is 7.66. The van der Waals surface area contributed by atoms with Crippen molar-refractivity contribution in [2.45, 2.75) is 33.7 Å². The van der Waals surface area contributed by atoms with Crippen molar-refractivity contribution in [1.82, 2.24) is 14.3 Å². The SMILES string of the molecule is Cc1ccc(NC(=O)[C@@H](C)n2c(C)c3cnn(-c4ccccc4)c(=O)c3c2C)cc1Cl. The predicted molar refractivity (Wildman–Crippen MR) is 124 cm³/mol. The van der Waals surface area contributed by atoms with E-state index in [9.17, 15) is 9.59 Å². The first-order valence-electron chi connectivity index (χ1n) is 10.0. The number of aromatic nitrogens is 3. The lowest BCUT2D eigenvalue weighted by molar-refractivity contribution is -0.118. The van der Waals surface area contributed by atoms with Crippen LogP contribution in [0.4, 0.5) is 5.69 Å². The molecular weight excluding hydrogens is 412 g/mol. The third-order valence-electron chi connectivity index (χ3n) is 5.66. The molecule has 1 atom stereocenters. The van der Waals surface area contributed by atoms with E-state index in [1.807, 2.05) is 74.7 Å². The van der Waals surface area contributed by atoms with Gasteiger partial charge in [-0.1, -0.05) is 35.9 Å². The molecule has 0 saturated heterocycles. The van der Waals surface area contributed by atoms with E-state index in [0.29, 0.717) is 21.8 Å². The quantitative estimate of drug-likeness (QED) is 0.493. The minimum atomic E-state index is -0.531. The van der Waals surface area contributed by atoms with Gasteiger partial charge in [-0.15, -0.1) is 0 Å². The van der Waals surface area contributed by atoms with Crippen LogP contribution in [0.1, 0.15) is 29.9 Å². The summed E-state index contributed by atoms with van der Waals surface area (Å²) in [7, 11) is 0. The Balaban J connectivity index is 1.75. The van der Waals surface area contributed by atoms with Crippen LogP contribution in [0.15, 0.2) is 59.5 Å². The van der Waals surface area contributed by atoms with Crippen LogP contribution >= 0.6 is 11.6 Å². The number of amides is 1. The van der Waals surface area contributed by atoms with Crippen molar-refractivity contribution in [1.29, 1.82) is 0 Å². The fourth-order valence-corrected chi connectivity index (χ4v) is 4.13. The molecule has 2 aromatic carbocycles. The van der Waals surface area contributed by atoms with Crippen LogP contribution in [0.2, 0.25) is 5.02 Å². The van der Waals surface area contributed by atoms with Crippen molar-refractivity contribution in [2.24, 2.45) is 0 Å². The highest BCUT2D eigenvalue weighted by Crippen LogP contribution is 2.27. The smallest absolute Gasteiger partial charge is 0.281 e. The highest BCUT2D eigenvalue weighted by Gasteiger charge is 2.24. The lowest BCUT2D eigenvalue weighted by Gasteiger charge is -2.18. The van der Waals surface area contributed by atoms with Crippen molar-refractivity contribution in [3.05, 3.63) is 87.1 Å². The van der Waals surface area contributed by atoms with E-state index in [4.69, 9.17) is 11.6 Å². The molecular formula is C24H23ClN4O2. The lowest BCUT2D eigenvalue weighted by Crippen LogP contribution is -2.25. The summed E-state index contributed by atoms with van der Waals surface area (Å²) in [6.45, 7) is 7.48. The molecule has 0 aliphatic heterocycles. The first-order valence-corrected chi connectivity index (χ1v) is 10.4. The van der Waals surface area contributed by atoms with Crippen LogP contribution in [-0.4, -0.2) is 20.3 Å². The Labute approximate surface area is 185 Å². The Hall–Kier alpha value is -3.38.